The number of rotatable bonds is 7. The molecule has 0 bridgehead atoms. The van der Waals surface area contributed by atoms with Crippen molar-refractivity contribution in [2.24, 2.45) is 0 Å². The molecule has 10 heterocycles. The Morgan fingerprint density at radius 1 is 0.259 bits per heavy atom. The molecular weight excluding hydrogens is 1680 g/mol. The molecule has 0 saturated heterocycles. The molecule has 0 saturated carbocycles. The van der Waals surface area contributed by atoms with E-state index in [0.29, 0.717) is 39.5 Å². The zero-order chi connectivity index (χ0) is 96.2. The van der Waals surface area contributed by atoms with Gasteiger partial charge in [0.05, 0.1) is 73.1 Å². The maximum absolute atomic E-state index is 15.1. The number of hydrogen-bond acceptors (Lipinski definition) is 8. The van der Waals surface area contributed by atoms with Gasteiger partial charge in [-0.25, -0.2) is 26.9 Å². The van der Waals surface area contributed by atoms with Crippen LogP contribution in [0.5, 0.6) is 0 Å². The van der Waals surface area contributed by atoms with Gasteiger partial charge in [-0.05, 0) is 203 Å². The van der Waals surface area contributed by atoms with Crippen LogP contribution in [-0.4, -0.2) is 58.1 Å². The SMILES string of the molecule is CC1(C)c2ccccc2-c2ccc3c4ncccc4n(-c4c(F)c(F)c(F)c(F)c4F)c3c21.CC1(C)c2ccccc2-c2ccc3c4ncccc4n(-c4ccc(-c5cccnc5)cc4)c3c21.CC1(C)c2ccccc2-c2ccc3c4ncccc4n(-c4nc(-c5ccccc5)nc(-c5ccccc5)n4)c3c21.[2H]c1c([2H])c([2H])c(-n2c3cccnc3c3ccc4c(c32)C(C)(C)c2ccccc2-4)c([2H])c1[2H]. The van der Waals surface area contributed by atoms with Crippen molar-refractivity contribution in [3.05, 3.63) is 432 Å². The lowest BCUT2D eigenvalue weighted by Crippen LogP contribution is -2.17. The Balaban J connectivity index is 0.000000102. The fraction of sp³-hybridized carbons (Fsp3) is 0.102. The highest BCUT2D eigenvalue weighted by Gasteiger charge is 2.44. The molecule has 0 spiro atoms. The Kier molecular flexibility index (Phi) is 17.4. The van der Waals surface area contributed by atoms with Gasteiger partial charge in [-0.3, -0.25) is 29.5 Å². The monoisotopic (exact) mass is 1770 g/mol. The van der Waals surface area contributed by atoms with Gasteiger partial charge in [0.25, 0.3) is 0 Å². The van der Waals surface area contributed by atoms with Crippen LogP contribution < -0.4 is 0 Å². The first-order valence-electron chi connectivity index (χ1n) is 47.3. The molecule has 12 nitrogen and oxygen atoms in total. The molecule has 650 valence electrons. The van der Waals surface area contributed by atoms with Crippen molar-refractivity contribution in [1.29, 1.82) is 0 Å². The van der Waals surface area contributed by atoms with E-state index >= 15 is 8.78 Å². The van der Waals surface area contributed by atoms with E-state index < -0.39 is 46.2 Å². The smallest absolute Gasteiger partial charge is 0.238 e. The van der Waals surface area contributed by atoms with Gasteiger partial charge in [0.15, 0.2) is 34.9 Å². The molecule has 0 aliphatic heterocycles. The molecule has 4 aliphatic carbocycles. The van der Waals surface area contributed by atoms with Crippen molar-refractivity contribution in [1.82, 2.24) is 58.1 Å². The van der Waals surface area contributed by atoms with Crippen molar-refractivity contribution in [3.63, 3.8) is 0 Å². The molecule has 0 radical (unpaired) electrons. The lowest BCUT2D eigenvalue weighted by Gasteiger charge is -2.24. The van der Waals surface area contributed by atoms with E-state index in [1.807, 2.05) is 183 Å². The Morgan fingerprint density at radius 2 is 0.578 bits per heavy atom. The summed E-state index contributed by atoms with van der Waals surface area (Å²) in [5, 5.41) is 3.76. The van der Waals surface area contributed by atoms with Crippen molar-refractivity contribution < 1.29 is 28.8 Å². The molecule has 135 heavy (non-hydrogen) atoms. The molecule has 0 fully saturated rings. The molecule has 13 aromatic carbocycles. The van der Waals surface area contributed by atoms with Crippen molar-refractivity contribution in [2.45, 2.75) is 77.0 Å². The van der Waals surface area contributed by atoms with Crippen LogP contribution in [0.25, 0.3) is 189 Å². The second-order valence-corrected chi connectivity index (χ2v) is 36.7. The highest BCUT2D eigenvalue weighted by atomic mass is 19.2. The van der Waals surface area contributed by atoms with Crippen molar-refractivity contribution in [3.8, 4) is 101 Å². The largest absolute Gasteiger partial charge is 0.307 e. The first-order valence-corrected chi connectivity index (χ1v) is 44.8. The van der Waals surface area contributed by atoms with E-state index in [-0.39, 0.29) is 51.6 Å². The van der Waals surface area contributed by atoms with Crippen molar-refractivity contribution >= 4 is 87.7 Å². The van der Waals surface area contributed by atoms with Gasteiger partial charge in [-0.2, -0.15) is 9.97 Å². The van der Waals surface area contributed by atoms with Gasteiger partial charge in [0.2, 0.25) is 11.8 Å². The number of benzene rings is 13. The molecule has 0 amide bonds. The first kappa shape index (κ1) is 76.2. The maximum atomic E-state index is 15.1. The van der Waals surface area contributed by atoms with Crippen LogP contribution in [0.4, 0.5) is 22.0 Å². The number of halogens is 5. The summed E-state index contributed by atoms with van der Waals surface area (Å²) < 4.78 is 122. The summed E-state index contributed by atoms with van der Waals surface area (Å²) in [7, 11) is 0. The summed E-state index contributed by atoms with van der Waals surface area (Å²) in [6.45, 7) is 17.6. The summed E-state index contributed by atoms with van der Waals surface area (Å²) in [6, 6.07) is 97.1. The molecule has 10 aromatic heterocycles. The van der Waals surface area contributed by atoms with Gasteiger partial charge < -0.3 is 13.7 Å². The number of para-hydroxylation sites is 1. The standard InChI is InChI=1S/C35H25N5.C31H23N3.C26H15F5N2.C26H20N2/c1-35(2)27-17-10-9-16-24(27)25-19-20-26-30-28(18-11-21-36-30)40(31(26)29(25)35)34-38-32(22-12-5-3-6-13-22)37-33(39-34)23-14-7-4-8-15-23;1-31(2)26-9-4-3-8-23(26)24-15-16-25-29-27(10-6-18-33-29)34(30(25)28(24)31)22-13-11-20(12-14-22)21-7-5-17-32-19-21;1-26(2)15-7-4-3-6-12(15)13-9-10-14-23-16(8-5-11-32-23)33(24(14)17(13)26)25-21(30)19(28)18(27)20(29)22(25)31;1-26(2)21-12-7-6-11-18(21)19-14-15-20-24-22(13-8-16-27-24)28(25(20)23(19)26)17-9-4-3-5-10-17/h3-21H,1-2H3;3-19H,1-2H3;3-11H,1-2H3;3-16H,1-2H3/i;;;3D,4D,5D,9D,10D. The van der Waals surface area contributed by atoms with Crippen LogP contribution in [-0.2, 0) is 21.7 Å². The Bertz CT molecular complexity index is 8850. The van der Waals surface area contributed by atoms with E-state index in [1.54, 1.807) is 24.4 Å². The zero-order valence-corrected chi connectivity index (χ0v) is 74.4. The quantitative estimate of drug-likeness (QED) is 0.0878. The minimum Gasteiger partial charge on any atom is -0.307 e. The minimum absolute atomic E-state index is 0.104. The van der Waals surface area contributed by atoms with Crippen LogP contribution in [0.2, 0.25) is 0 Å². The number of pyridine rings is 5. The number of hydrogen-bond donors (Lipinski definition) is 0. The van der Waals surface area contributed by atoms with Crippen LogP contribution in [0.3, 0.4) is 0 Å². The van der Waals surface area contributed by atoms with Crippen molar-refractivity contribution in [2.75, 3.05) is 0 Å². The van der Waals surface area contributed by atoms with Gasteiger partial charge in [0, 0.05) is 103 Å². The van der Waals surface area contributed by atoms with Gasteiger partial charge >= 0.3 is 0 Å². The van der Waals surface area contributed by atoms with Crippen LogP contribution in [0, 0.1) is 29.1 Å². The minimum atomic E-state index is -2.19. The molecule has 23 aromatic rings. The van der Waals surface area contributed by atoms with E-state index in [9.17, 15) is 13.2 Å². The summed E-state index contributed by atoms with van der Waals surface area (Å²) in [6.07, 6.45) is 10.7. The molecule has 4 aliphatic rings. The third kappa shape index (κ3) is 12.3. The second-order valence-electron chi connectivity index (χ2n) is 36.7. The van der Waals surface area contributed by atoms with Crippen LogP contribution >= 0.6 is 0 Å². The van der Waals surface area contributed by atoms with Crippen LogP contribution in [0.15, 0.2) is 359 Å². The zero-order valence-electron chi connectivity index (χ0n) is 79.4. The summed E-state index contributed by atoms with van der Waals surface area (Å²) in [5.41, 5.74) is 31.6. The van der Waals surface area contributed by atoms with E-state index in [1.165, 1.54) is 67.2 Å². The maximum Gasteiger partial charge on any atom is 0.238 e. The predicted octanol–water partition coefficient (Wildman–Crippen LogP) is 29.2. The molecule has 0 N–H and O–H groups in total. The topological polar surface area (TPSA) is 123 Å². The van der Waals surface area contributed by atoms with E-state index in [2.05, 4.69) is 199 Å². The molecular formula is C118H83F5N12. The normalized spacial score (nSPS) is 14.4. The lowest BCUT2D eigenvalue weighted by molar-refractivity contribution is 0.376. The highest BCUT2D eigenvalue weighted by Crippen LogP contribution is 2.58. The van der Waals surface area contributed by atoms with Gasteiger partial charge in [-0.15, -0.1) is 0 Å². The fourth-order valence-corrected chi connectivity index (χ4v) is 22.0. The summed E-state index contributed by atoms with van der Waals surface area (Å²) >= 11 is 0. The average molecular weight is 1770 g/mol. The first-order chi connectivity index (χ1) is 67.7. The Hall–Kier alpha value is -16.5. The van der Waals surface area contributed by atoms with E-state index in [0.717, 1.165) is 121 Å². The predicted molar refractivity (Wildman–Crippen MR) is 532 cm³/mol. The number of nitrogens with zero attached hydrogens (tertiary/aromatic N) is 12. The lowest BCUT2D eigenvalue weighted by atomic mass is 9.81. The fourth-order valence-electron chi connectivity index (χ4n) is 22.0. The van der Waals surface area contributed by atoms with Crippen LogP contribution in [0.1, 0.15) is 107 Å². The van der Waals surface area contributed by atoms with Gasteiger partial charge in [-0.1, -0.05) is 274 Å². The van der Waals surface area contributed by atoms with E-state index in [4.69, 9.17) is 31.8 Å². The molecule has 0 atom stereocenters. The molecule has 27 rings (SSSR count). The molecule has 17 heteroatoms. The number of aromatic nitrogens is 12. The number of fused-ring (bicyclic) bond motifs is 28. The Labute approximate surface area is 780 Å². The Morgan fingerprint density at radius 3 is 0.956 bits per heavy atom. The average Bonchev–Trinajstić information content (AvgIpc) is 1.54. The second kappa shape index (κ2) is 30.8. The summed E-state index contributed by atoms with van der Waals surface area (Å²) in [5.74, 6) is -8.08. The third-order valence-corrected chi connectivity index (χ3v) is 27.9. The molecule has 0 unspecified atom stereocenters. The third-order valence-electron chi connectivity index (χ3n) is 27.9. The highest BCUT2D eigenvalue weighted by molar-refractivity contribution is 6.16. The summed E-state index contributed by atoms with van der Waals surface area (Å²) in [4.78, 5) is 38.1. The van der Waals surface area contributed by atoms with Gasteiger partial charge in [0.1, 0.15) is 5.69 Å².